The standard InChI is InChI=1S/C22H22N2O4S/c1-14-19(22(25)28-3)20(21(24(26)27)15(2)23-14)17-11-7-8-12-18(17)29-13-16-9-5-4-6-10-16/h4-12,20,23H,13H2,1-3H3. The van der Waals surface area contributed by atoms with Crippen LogP contribution in [-0.4, -0.2) is 18.0 Å². The van der Waals surface area contributed by atoms with Crippen molar-refractivity contribution in [1.29, 1.82) is 0 Å². The van der Waals surface area contributed by atoms with Gasteiger partial charge in [-0.05, 0) is 31.0 Å². The Bertz CT molecular complexity index is 999. The molecule has 2 aromatic carbocycles. The number of nitro groups is 1. The maximum absolute atomic E-state index is 12.6. The van der Waals surface area contributed by atoms with E-state index in [1.165, 1.54) is 7.11 Å². The molecule has 6 nitrogen and oxygen atoms in total. The normalized spacial score (nSPS) is 16.4. The van der Waals surface area contributed by atoms with Crippen LogP contribution < -0.4 is 5.32 Å². The number of benzene rings is 2. The van der Waals surface area contributed by atoms with Gasteiger partial charge in [0.1, 0.15) is 5.92 Å². The van der Waals surface area contributed by atoms with Gasteiger partial charge in [-0.1, -0.05) is 48.5 Å². The molecule has 2 aromatic rings. The number of esters is 1. The summed E-state index contributed by atoms with van der Waals surface area (Å²) in [5, 5.41) is 14.9. The van der Waals surface area contributed by atoms with Crippen molar-refractivity contribution >= 4 is 17.7 Å². The Balaban J connectivity index is 2.08. The Morgan fingerprint density at radius 3 is 2.41 bits per heavy atom. The molecule has 0 amide bonds. The molecule has 0 spiro atoms. The van der Waals surface area contributed by atoms with Crippen LogP contribution in [0.2, 0.25) is 0 Å². The van der Waals surface area contributed by atoms with Gasteiger partial charge >= 0.3 is 5.97 Å². The molecule has 0 saturated heterocycles. The molecule has 1 aliphatic rings. The summed E-state index contributed by atoms with van der Waals surface area (Å²) in [6.45, 7) is 3.39. The summed E-state index contributed by atoms with van der Waals surface area (Å²) in [6.07, 6.45) is 0. The molecule has 0 radical (unpaired) electrons. The van der Waals surface area contributed by atoms with Gasteiger partial charge in [0, 0.05) is 16.3 Å². The number of thioether (sulfide) groups is 1. The average Bonchev–Trinajstić information content (AvgIpc) is 2.72. The zero-order valence-electron chi connectivity index (χ0n) is 16.5. The lowest BCUT2D eigenvalue weighted by Gasteiger charge is -2.27. The first-order valence-electron chi connectivity index (χ1n) is 9.11. The van der Waals surface area contributed by atoms with Gasteiger partial charge < -0.3 is 10.1 Å². The Morgan fingerprint density at radius 1 is 1.10 bits per heavy atom. The van der Waals surface area contributed by atoms with E-state index in [1.54, 1.807) is 25.6 Å². The molecule has 1 N–H and O–H groups in total. The van der Waals surface area contributed by atoms with Crippen LogP contribution in [0, 0.1) is 10.1 Å². The van der Waals surface area contributed by atoms with Gasteiger partial charge in [0.05, 0.1) is 23.3 Å². The number of nitrogens with zero attached hydrogens (tertiary/aromatic N) is 1. The minimum Gasteiger partial charge on any atom is -0.466 e. The van der Waals surface area contributed by atoms with Crippen LogP contribution in [0.15, 0.2) is 82.2 Å². The molecule has 7 heteroatoms. The molecule has 29 heavy (non-hydrogen) atoms. The quantitative estimate of drug-likeness (QED) is 0.324. The number of rotatable bonds is 6. The molecule has 3 rings (SSSR count). The van der Waals surface area contributed by atoms with Gasteiger partial charge in [0.25, 0.3) is 5.70 Å². The van der Waals surface area contributed by atoms with E-state index in [2.05, 4.69) is 5.32 Å². The van der Waals surface area contributed by atoms with E-state index < -0.39 is 16.8 Å². The van der Waals surface area contributed by atoms with Gasteiger partial charge in [-0.2, -0.15) is 0 Å². The predicted octanol–water partition coefficient (Wildman–Crippen LogP) is 4.62. The number of carbonyl (C=O) groups excluding carboxylic acids is 1. The van der Waals surface area contributed by atoms with Gasteiger partial charge in [-0.25, -0.2) is 4.79 Å². The van der Waals surface area contributed by atoms with Crippen LogP contribution in [0.5, 0.6) is 0 Å². The third-order valence-corrected chi connectivity index (χ3v) is 5.95. The van der Waals surface area contributed by atoms with Crippen molar-refractivity contribution in [3.8, 4) is 0 Å². The fourth-order valence-electron chi connectivity index (χ4n) is 3.49. The van der Waals surface area contributed by atoms with Crippen molar-refractivity contribution < 1.29 is 14.5 Å². The minimum absolute atomic E-state index is 0.0382. The Morgan fingerprint density at radius 2 is 1.76 bits per heavy atom. The minimum atomic E-state index is -0.807. The number of allylic oxidation sites excluding steroid dienone is 3. The van der Waals surface area contributed by atoms with Gasteiger partial charge in [-0.15, -0.1) is 11.8 Å². The fraction of sp³-hybridized carbons (Fsp3) is 0.227. The highest BCUT2D eigenvalue weighted by Crippen LogP contribution is 2.42. The number of methoxy groups -OCH3 is 1. The highest BCUT2D eigenvalue weighted by Gasteiger charge is 2.41. The lowest BCUT2D eigenvalue weighted by molar-refractivity contribution is -0.431. The van der Waals surface area contributed by atoms with E-state index in [9.17, 15) is 14.9 Å². The van der Waals surface area contributed by atoms with E-state index in [0.717, 1.165) is 21.8 Å². The number of nitrogens with one attached hydrogen (secondary N) is 1. The fourth-order valence-corrected chi connectivity index (χ4v) is 4.54. The third-order valence-electron chi connectivity index (χ3n) is 4.79. The summed E-state index contributed by atoms with van der Waals surface area (Å²) in [6, 6.07) is 17.5. The van der Waals surface area contributed by atoms with E-state index >= 15 is 0 Å². The number of hydrogen-bond donors (Lipinski definition) is 1. The average molecular weight is 410 g/mol. The van der Waals surface area contributed by atoms with Crippen molar-refractivity contribution in [2.24, 2.45) is 0 Å². The van der Waals surface area contributed by atoms with Crippen LogP contribution in [0.25, 0.3) is 0 Å². The first-order chi connectivity index (χ1) is 13.9. The monoisotopic (exact) mass is 410 g/mol. The molecule has 0 aliphatic carbocycles. The van der Waals surface area contributed by atoms with E-state index in [4.69, 9.17) is 4.74 Å². The number of ether oxygens (including phenoxy) is 1. The van der Waals surface area contributed by atoms with Crippen LogP contribution in [-0.2, 0) is 15.3 Å². The molecular formula is C22H22N2O4S. The first kappa shape index (κ1) is 20.7. The summed E-state index contributed by atoms with van der Waals surface area (Å²) in [7, 11) is 1.28. The zero-order valence-corrected chi connectivity index (χ0v) is 17.3. The van der Waals surface area contributed by atoms with Gasteiger partial charge in [0.2, 0.25) is 0 Å². The van der Waals surface area contributed by atoms with E-state index in [0.29, 0.717) is 11.4 Å². The summed E-state index contributed by atoms with van der Waals surface area (Å²) in [5.41, 5.74) is 3.08. The Hall–Kier alpha value is -3.06. The molecule has 0 bridgehead atoms. The van der Waals surface area contributed by atoms with Gasteiger partial charge in [0.15, 0.2) is 0 Å². The molecule has 1 atom stereocenters. The Labute approximate surface area is 173 Å². The third kappa shape index (κ3) is 4.35. The van der Waals surface area contributed by atoms with Crippen LogP contribution in [0.1, 0.15) is 30.9 Å². The number of dihydropyridines is 1. The maximum Gasteiger partial charge on any atom is 0.336 e. The molecule has 150 valence electrons. The molecule has 1 aliphatic heterocycles. The second kappa shape index (κ2) is 8.96. The topological polar surface area (TPSA) is 81.5 Å². The van der Waals surface area contributed by atoms with Crippen LogP contribution in [0.4, 0.5) is 0 Å². The summed E-state index contributed by atoms with van der Waals surface area (Å²) in [4.78, 5) is 25.0. The van der Waals surface area contributed by atoms with Crippen molar-refractivity contribution in [1.82, 2.24) is 5.32 Å². The molecule has 1 heterocycles. The lowest BCUT2D eigenvalue weighted by Crippen LogP contribution is -2.31. The zero-order chi connectivity index (χ0) is 21.0. The summed E-state index contributed by atoms with van der Waals surface area (Å²) < 4.78 is 4.96. The summed E-state index contributed by atoms with van der Waals surface area (Å²) >= 11 is 1.59. The highest BCUT2D eigenvalue weighted by atomic mass is 32.2. The SMILES string of the molecule is COC(=O)C1=C(C)NC(C)=C([N+](=O)[O-])C1c1ccccc1SCc1ccccc1. The Kier molecular flexibility index (Phi) is 6.39. The largest absolute Gasteiger partial charge is 0.466 e. The van der Waals surface area contributed by atoms with Crippen molar-refractivity contribution in [3.63, 3.8) is 0 Å². The van der Waals surface area contributed by atoms with Crippen molar-refractivity contribution in [3.05, 3.63) is 98.5 Å². The number of carbonyl (C=O) groups is 1. The van der Waals surface area contributed by atoms with E-state index in [1.807, 2.05) is 54.6 Å². The van der Waals surface area contributed by atoms with Gasteiger partial charge in [-0.3, -0.25) is 10.1 Å². The second-order valence-electron chi connectivity index (χ2n) is 6.67. The highest BCUT2D eigenvalue weighted by molar-refractivity contribution is 7.98. The molecule has 1 unspecified atom stereocenters. The lowest BCUT2D eigenvalue weighted by atomic mass is 9.84. The molecule has 0 saturated carbocycles. The number of hydrogen-bond acceptors (Lipinski definition) is 6. The smallest absolute Gasteiger partial charge is 0.336 e. The molecular weight excluding hydrogens is 388 g/mol. The maximum atomic E-state index is 12.6. The second-order valence-corrected chi connectivity index (χ2v) is 7.68. The molecule has 0 fully saturated rings. The van der Waals surface area contributed by atoms with Crippen molar-refractivity contribution in [2.75, 3.05) is 7.11 Å². The van der Waals surface area contributed by atoms with E-state index in [-0.39, 0.29) is 11.3 Å². The summed E-state index contributed by atoms with van der Waals surface area (Å²) in [5.74, 6) is -0.664. The van der Waals surface area contributed by atoms with Crippen LogP contribution in [0.3, 0.4) is 0 Å². The predicted molar refractivity (Wildman–Crippen MR) is 113 cm³/mol. The first-order valence-corrected chi connectivity index (χ1v) is 10.1. The molecule has 0 aromatic heterocycles. The van der Waals surface area contributed by atoms with Crippen molar-refractivity contribution in [2.45, 2.75) is 30.4 Å². The van der Waals surface area contributed by atoms with Crippen LogP contribution >= 0.6 is 11.8 Å².